The molecular weight excluding hydrogens is 306 g/mol. The van der Waals surface area contributed by atoms with Crippen LogP contribution in [0.3, 0.4) is 0 Å². The second-order valence-corrected chi connectivity index (χ2v) is 7.41. The highest BCUT2D eigenvalue weighted by atomic mass is 32.1. The summed E-state index contributed by atoms with van der Waals surface area (Å²) in [6.45, 7) is 1.44. The predicted molar refractivity (Wildman–Crippen MR) is 92.8 cm³/mol. The maximum Gasteiger partial charge on any atom is 0.240 e. The monoisotopic (exact) mass is 327 g/mol. The first-order valence-corrected chi connectivity index (χ1v) is 9.19. The van der Waals surface area contributed by atoms with Crippen LogP contribution < -0.4 is 5.32 Å². The molecule has 1 amide bonds. The van der Waals surface area contributed by atoms with Gasteiger partial charge in [0.2, 0.25) is 5.91 Å². The Kier molecular flexibility index (Phi) is 4.14. The van der Waals surface area contributed by atoms with Gasteiger partial charge < -0.3 is 5.32 Å². The van der Waals surface area contributed by atoms with E-state index in [0.717, 1.165) is 30.9 Å². The number of aromatic nitrogens is 1. The molecule has 1 unspecified atom stereocenters. The van der Waals surface area contributed by atoms with Crippen molar-refractivity contribution in [3.63, 3.8) is 0 Å². The number of rotatable bonds is 4. The van der Waals surface area contributed by atoms with E-state index in [0.29, 0.717) is 12.6 Å². The van der Waals surface area contributed by atoms with E-state index in [4.69, 9.17) is 0 Å². The van der Waals surface area contributed by atoms with Crippen LogP contribution in [0.1, 0.15) is 41.4 Å². The molecule has 2 aliphatic rings. The van der Waals surface area contributed by atoms with Crippen molar-refractivity contribution in [2.75, 3.05) is 18.4 Å². The molecule has 1 aromatic carbocycles. The standard InChI is InChI=1S/C18H21N3OS/c22-17(20-18-19-14-8-4-5-9-16(14)23-18)12-21-11-10-15(21)13-6-2-1-3-7-13/h1-3,6-7,15H,4-5,8-12H2,(H,19,20,22). The number of fused-ring (bicyclic) bond motifs is 1. The lowest BCUT2D eigenvalue weighted by Gasteiger charge is -2.40. The smallest absolute Gasteiger partial charge is 0.240 e. The molecule has 1 aromatic heterocycles. The number of hydrogen-bond acceptors (Lipinski definition) is 4. The maximum absolute atomic E-state index is 12.3. The summed E-state index contributed by atoms with van der Waals surface area (Å²) in [6, 6.07) is 10.8. The molecule has 0 saturated carbocycles. The number of carbonyl (C=O) groups excluding carboxylic acids is 1. The van der Waals surface area contributed by atoms with Gasteiger partial charge in [-0.2, -0.15) is 0 Å². The first-order valence-electron chi connectivity index (χ1n) is 8.37. The fourth-order valence-corrected chi connectivity index (χ4v) is 4.50. The highest BCUT2D eigenvalue weighted by molar-refractivity contribution is 7.15. The average Bonchev–Trinajstić information content (AvgIpc) is 2.95. The van der Waals surface area contributed by atoms with Gasteiger partial charge in [0.1, 0.15) is 0 Å². The van der Waals surface area contributed by atoms with Crippen LogP contribution in [0.15, 0.2) is 30.3 Å². The number of carbonyl (C=O) groups is 1. The molecule has 0 radical (unpaired) electrons. The van der Waals surface area contributed by atoms with Crippen LogP contribution in [0.5, 0.6) is 0 Å². The van der Waals surface area contributed by atoms with E-state index >= 15 is 0 Å². The first kappa shape index (κ1) is 14.8. The van der Waals surface area contributed by atoms with Crippen molar-refractivity contribution in [3.8, 4) is 0 Å². The first-order chi connectivity index (χ1) is 11.3. The molecule has 4 rings (SSSR count). The van der Waals surface area contributed by atoms with Gasteiger partial charge in [0, 0.05) is 17.5 Å². The van der Waals surface area contributed by atoms with E-state index in [-0.39, 0.29) is 5.91 Å². The van der Waals surface area contributed by atoms with Crippen LogP contribution in [-0.4, -0.2) is 28.9 Å². The fourth-order valence-electron chi connectivity index (χ4n) is 3.43. The second-order valence-electron chi connectivity index (χ2n) is 6.33. The number of benzene rings is 1. The molecule has 4 nitrogen and oxygen atoms in total. The van der Waals surface area contributed by atoms with Gasteiger partial charge in [-0.25, -0.2) is 4.98 Å². The van der Waals surface area contributed by atoms with Crippen LogP contribution >= 0.6 is 11.3 Å². The summed E-state index contributed by atoms with van der Waals surface area (Å²) >= 11 is 1.65. The average molecular weight is 327 g/mol. The zero-order valence-corrected chi connectivity index (χ0v) is 13.9. The maximum atomic E-state index is 12.3. The topological polar surface area (TPSA) is 45.2 Å². The van der Waals surface area contributed by atoms with Gasteiger partial charge in [0.15, 0.2) is 5.13 Å². The van der Waals surface area contributed by atoms with Crippen molar-refractivity contribution in [1.82, 2.24) is 9.88 Å². The van der Waals surface area contributed by atoms with Crippen molar-refractivity contribution in [2.24, 2.45) is 0 Å². The molecule has 5 heteroatoms. The van der Waals surface area contributed by atoms with E-state index in [1.54, 1.807) is 11.3 Å². The molecular formula is C18H21N3OS. The Morgan fingerprint density at radius 3 is 2.83 bits per heavy atom. The number of nitrogens with zero attached hydrogens (tertiary/aromatic N) is 2. The van der Waals surface area contributed by atoms with E-state index in [1.165, 1.54) is 29.0 Å². The number of thiazole rings is 1. The summed E-state index contributed by atoms with van der Waals surface area (Å²) in [6.07, 6.45) is 5.77. The van der Waals surface area contributed by atoms with Crippen molar-refractivity contribution < 1.29 is 4.79 Å². The van der Waals surface area contributed by atoms with E-state index in [1.807, 2.05) is 6.07 Å². The Hall–Kier alpha value is -1.72. The van der Waals surface area contributed by atoms with Crippen LogP contribution in [0.4, 0.5) is 5.13 Å². The third kappa shape index (κ3) is 3.16. The molecule has 120 valence electrons. The zero-order valence-electron chi connectivity index (χ0n) is 13.1. The van der Waals surface area contributed by atoms with Gasteiger partial charge in [0.05, 0.1) is 12.2 Å². The quantitative estimate of drug-likeness (QED) is 0.936. The number of nitrogens with one attached hydrogen (secondary N) is 1. The summed E-state index contributed by atoms with van der Waals surface area (Å²) in [5.74, 6) is 0.0525. The van der Waals surface area contributed by atoms with Gasteiger partial charge in [0.25, 0.3) is 0 Å². The Bertz CT molecular complexity index is 674. The highest BCUT2D eigenvalue weighted by Crippen LogP contribution is 2.33. The minimum atomic E-state index is 0.0525. The van der Waals surface area contributed by atoms with Crippen LogP contribution in [-0.2, 0) is 17.6 Å². The largest absolute Gasteiger partial charge is 0.301 e. The molecule has 1 fully saturated rings. The van der Waals surface area contributed by atoms with Crippen molar-refractivity contribution in [1.29, 1.82) is 0 Å². The summed E-state index contributed by atoms with van der Waals surface area (Å²) in [5.41, 5.74) is 2.50. The number of aryl methyl sites for hydroxylation is 2. The summed E-state index contributed by atoms with van der Waals surface area (Å²) in [5, 5.41) is 3.77. The van der Waals surface area contributed by atoms with Gasteiger partial charge in [-0.1, -0.05) is 30.3 Å². The van der Waals surface area contributed by atoms with Crippen molar-refractivity contribution in [3.05, 3.63) is 46.5 Å². The van der Waals surface area contributed by atoms with E-state index in [9.17, 15) is 4.79 Å². The summed E-state index contributed by atoms with van der Waals surface area (Å²) in [4.78, 5) is 20.5. The van der Waals surface area contributed by atoms with E-state index in [2.05, 4.69) is 39.5 Å². The van der Waals surface area contributed by atoms with Crippen molar-refractivity contribution >= 4 is 22.4 Å². The Morgan fingerprint density at radius 1 is 1.26 bits per heavy atom. The molecule has 1 N–H and O–H groups in total. The molecule has 23 heavy (non-hydrogen) atoms. The Morgan fingerprint density at radius 2 is 2.09 bits per heavy atom. The van der Waals surface area contributed by atoms with Gasteiger partial charge in [-0.3, -0.25) is 9.69 Å². The summed E-state index contributed by atoms with van der Waals surface area (Å²) < 4.78 is 0. The minimum Gasteiger partial charge on any atom is -0.301 e. The molecule has 1 atom stereocenters. The lowest BCUT2D eigenvalue weighted by molar-refractivity contribution is -0.119. The lowest BCUT2D eigenvalue weighted by Crippen LogP contribution is -2.45. The summed E-state index contributed by atoms with van der Waals surface area (Å²) in [7, 11) is 0. The van der Waals surface area contributed by atoms with Gasteiger partial charge in [-0.15, -0.1) is 11.3 Å². The number of amides is 1. The fraction of sp³-hybridized carbons (Fsp3) is 0.444. The van der Waals surface area contributed by atoms with Crippen LogP contribution in [0.25, 0.3) is 0 Å². The molecule has 2 heterocycles. The van der Waals surface area contributed by atoms with Crippen molar-refractivity contribution in [2.45, 2.75) is 38.1 Å². The molecule has 0 spiro atoms. The predicted octanol–water partition coefficient (Wildman–Crippen LogP) is 3.41. The molecule has 2 aromatic rings. The second kappa shape index (κ2) is 6.42. The van der Waals surface area contributed by atoms with E-state index < -0.39 is 0 Å². The molecule has 1 aliphatic heterocycles. The molecule has 1 aliphatic carbocycles. The minimum absolute atomic E-state index is 0.0525. The third-order valence-electron chi connectivity index (χ3n) is 4.75. The Labute approximate surface area is 140 Å². The third-order valence-corrected chi connectivity index (χ3v) is 5.83. The number of hydrogen-bond donors (Lipinski definition) is 1. The Balaban J connectivity index is 1.36. The van der Waals surface area contributed by atoms with Crippen LogP contribution in [0, 0.1) is 0 Å². The normalized spacial score (nSPS) is 20.6. The van der Waals surface area contributed by atoms with Gasteiger partial charge in [-0.05, 0) is 37.7 Å². The SMILES string of the molecule is O=C(CN1CCC1c1ccccc1)Nc1nc2c(s1)CCCC2. The number of likely N-dealkylation sites (tertiary alicyclic amines) is 1. The zero-order chi connectivity index (χ0) is 15.6. The molecule has 0 bridgehead atoms. The molecule has 1 saturated heterocycles. The number of anilines is 1. The highest BCUT2D eigenvalue weighted by Gasteiger charge is 2.30. The van der Waals surface area contributed by atoms with Crippen LogP contribution in [0.2, 0.25) is 0 Å². The van der Waals surface area contributed by atoms with Gasteiger partial charge >= 0.3 is 0 Å². The lowest BCUT2D eigenvalue weighted by atomic mass is 9.95.